The van der Waals surface area contributed by atoms with Crippen LogP contribution < -0.4 is 10.3 Å². The highest BCUT2D eigenvalue weighted by Crippen LogP contribution is 2.33. The van der Waals surface area contributed by atoms with Gasteiger partial charge in [-0.25, -0.2) is 4.98 Å². The van der Waals surface area contributed by atoms with E-state index in [0.29, 0.717) is 17.4 Å². The summed E-state index contributed by atoms with van der Waals surface area (Å²) in [5, 5.41) is 0.526. The average molecular weight is 363 g/mol. The van der Waals surface area contributed by atoms with Gasteiger partial charge in [0.2, 0.25) is 5.91 Å². The number of para-hydroxylation sites is 1. The van der Waals surface area contributed by atoms with Crippen molar-refractivity contribution >= 4 is 16.8 Å². The van der Waals surface area contributed by atoms with E-state index in [1.165, 1.54) is 10.9 Å². The third-order valence-electron chi connectivity index (χ3n) is 5.09. The average Bonchev–Trinajstić information content (AvgIpc) is 3.20. The molecule has 27 heavy (non-hydrogen) atoms. The Morgan fingerprint density at radius 2 is 2.07 bits per heavy atom. The second-order valence-corrected chi connectivity index (χ2v) is 6.72. The molecule has 0 spiro atoms. The fraction of sp³-hybridized carbons (Fsp3) is 0.286. The quantitative estimate of drug-likeness (QED) is 0.715. The van der Waals surface area contributed by atoms with Gasteiger partial charge in [0.05, 0.1) is 30.4 Å². The Hall–Kier alpha value is -3.15. The molecular formula is C21H21N3O3. The van der Waals surface area contributed by atoms with Gasteiger partial charge >= 0.3 is 0 Å². The van der Waals surface area contributed by atoms with Crippen molar-refractivity contribution in [3.8, 4) is 5.75 Å². The number of carbonyl (C=O) groups is 1. The molecule has 4 rings (SSSR count). The molecule has 0 radical (unpaired) electrons. The largest absolute Gasteiger partial charge is 0.497 e. The summed E-state index contributed by atoms with van der Waals surface area (Å²) >= 11 is 0. The maximum atomic E-state index is 12.9. The lowest BCUT2D eigenvalue weighted by atomic mass is 10.0. The van der Waals surface area contributed by atoms with Crippen molar-refractivity contribution in [1.29, 1.82) is 0 Å². The summed E-state index contributed by atoms with van der Waals surface area (Å²) in [5.41, 5.74) is 1.51. The second kappa shape index (κ2) is 7.23. The van der Waals surface area contributed by atoms with Gasteiger partial charge in [-0.2, -0.15) is 0 Å². The molecule has 3 aromatic rings. The SMILES string of the molecule is COc1cccc([C@H]2CCCN2C(=O)Cn2cnc3ccccc3c2=O)c1. The zero-order chi connectivity index (χ0) is 18.8. The third kappa shape index (κ3) is 3.30. The van der Waals surface area contributed by atoms with Crippen LogP contribution in [0.1, 0.15) is 24.4 Å². The summed E-state index contributed by atoms with van der Waals surface area (Å²) in [4.78, 5) is 31.8. The van der Waals surface area contributed by atoms with Crippen LogP contribution in [0.4, 0.5) is 0 Å². The molecule has 6 nitrogen and oxygen atoms in total. The molecule has 2 heterocycles. The number of fused-ring (bicyclic) bond motifs is 1. The van der Waals surface area contributed by atoms with Crippen molar-refractivity contribution in [3.63, 3.8) is 0 Å². The summed E-state index contributed by atoms with van der Waals surface area (Å²) in [6.45, 7) is 0.688. The topological polar surface area (TPSA) is 64.4 Å². The Labute approximate surface area is 157 Å². The highest BCUT2D eigenvalue weighted by molar-refractivity contribution is 5.79. The highest BCUT2D eigenvalue weighted by atomic mass is 16.5. The standard InChI is InChI=1S/C21H21N3O3/c1-27-16-7-4-6-15(12-16)19-10-5-11-24(19)20(25)13-23-14-22-18-9-3-2-8-17(18)21(23)26/h2-4,6-9,12,14,19H,5,10-11,13H2,1H3/t19-/m1/s1. The van der Waals surface area contributed by atoms with Gasteiger partial charge in [-0.05, 0) is 42.7 Å². The number of aromatic nitrogens is 2. The molecule has 2 aromatic carbocycles. The molecule has 6 heteroatoms. The Morgan fingerprint density at radius 3 is 2.93 bits per heavy atom. The van der Waals surface area contributed by atoms with E-state index in [4.69, 9.17) is 4.74 Å². The van der Waals surface area contributed by atoms with Gasteiger partial charge in [-0.15, -0.1) is 0 Å². The number of nitrogens with zero attached hydrogens (tertiary/aromatic N) is 3. The lowest BCUT2D eigenvalue weighted by Gasteiger charge is -2.25. The van der Waals surface area contributed by atoms with Crippen LogP contribution >= 0.6 is 0 Å². The Morgan fingerprint density at radius 1 is 1.22 bits per heavy atom. The van der Waals surface area contributed by atoms with Crippen molar-refractivity contribution in [3.05, 3.63) is 70.8 Å². The molecule has 1 aliphatic rings. The number of benzene rings is 2. The van der Waals surface area contributed by atoms with Crippen LogP contribution in [-0.2, 0) is 11.3 Å². The molecule has 1 amide bonds. The molecule has 1 fully saturated rings. The van der Waals surface area contributed by atoms with E-state index >= 15 is 0 Å². The van der Waals surface area contributed by atoms with Crippen LogP contribution in [-0.4, -0.2) is 34.0 Å². The number of amides is 1. The maximum absolute atomic E-state index is 12.9. The lowest BCUT2D eigenvalue weighted by Crippen LogP contribution is -2.36. The van der Waals surface area contributed by atoms with Crippen molar-refractivity contribution in [2.45, 2.75) is 25.4 Å². The van der Waals surface area contributed by atoms with Crippen LogP contribution in [0.5, 0.6) is 5.75 Å². The number of rotatable bonds is 4. The van der Waals surface area contributed by atoms with Crippen molar-refractivity contribution in [2.75, 3.05) is 13.7 Å². The van der Waals surface area contributed by atoms with Gasteiger partial charge in [-0.3, -0.25) is 14.2 Å². The van der Waals surface area contributed by atoms with Crippen LogP contribution in [0.3, 0.4) is 0 Å². The summed E-state index contributed by atoms with van der Waals surface area (Å²) in [5.74, 6) is 0.709. The summed E-state index contributed by atoms with van der Waals surface area (Å²) in [7, 11) is 1.63. The fourth-order valence-electron chi connectivity index (χ4n) is 3.72. The van der Waals surface area contributed by atoms with Gasteiger partial charge < -0.3 is 9.64 Å². The number of carbonyl (C=O) groups excluding carboxylic acids is 1. The molecule has 0 aliphatic carbocycles. The van der Waals surface area contributed by atoms with Gasteiger partial charge in [0.15, 0.2) is 0 Å². The summed E-state index contributed by atoms with van der Waals surface area (Å²) in [6.07, 6.45) is 3.31. The third-order valence-corrected chi connectivity index (χ3v) is 5.09. The predicted octanol–water partition coefficient (Wildman–Crippen LogP) is 2.77. The molecule has 0 N–H and O–H groups in total. The van der Waals surface area contributed by atoms with Crippen molar-refractivity contribution in [1.82, 2.24) is 14.5 Å². The molecule has 138 valence electrons. The number of hydrogen-bond acceptors (Lipinski definition) is 4. The van der Waals surface area contributed by atoms with E-state index in [1.807, 2.05) is 35.2 Å². The molecular weight excluding hydrogens is 342 g/mol. The molecule has 1 atom stereocenters. The van der Waals surface area contributed by atoms with E-state index in [0.717, 1.165) is 24.2 Å². The van der Waals surface area contributed by atoms with E-state index in [9.17, 15) is 9.59 Å². The monoisotopic (exact) mass is 363 g/mol. The minimum Gasteiger partial charge on any atom is -0.497 e. The number of likely N-dealkylation sites (tertiary alicyclic amines) is 1. The Balaban J connectivity index is 1.59. The molecule has 1 aliphatic heterocycles. The second-order valence-electron chi connectivity index (χ2n) is 6.72. The van der Waals surface area contributed by atoms with E-state index in [1.54, 1.807) is 25.3 Å². The molecule has 1 aromatic heterocycles. The number of methoxy groups -OCH3 is 1. The van der Waals surface area contributed by atoms with Crippen molar-refractivity contribution < 1.29 is 9.53 Å². The van der Waals surface area contributed by atoms with E-state index < -0.39 is 0 Å². The first-order chi connectivity index (χ1) is 13.2. The number of ether oxygens (including phenoxy) is 1. The van der Waals surface area contributed by atoms with E-state index in [2.05, 4.69) is 4.98 Å². The fourth-order valence-corrected chi connectivity index (χ4v) is 3.72. The molecule has 0 bridgehead atoms. The molecule has 0 unspecified atom stereocenters. The van der Waals surface area contributed by atoms with Gasteiger partial charge in [-0.1, -0.05) is 24.3 Å². The summed E-state index contributed by atoms with van der Waals surface area (Å²) in [6, 6.07) is 15.0. The predicted molar refractivity (Wildman–Crippen MR) is 103 cm³/mol. The van der Waals surface area contributed by atoms with Crippen LogP contribution in [0, 0.1) is 0 Å². The van der Waals surface area contributed by atoms with Crippen LogP contribution in [0.15, 0.2) is 59.7 Å². The number of hydrogen-bond donors (Lipinski definition) is 0. The summed E-state index contributed by atoms with van der Waals surface area (Å²) < 4.78 is 6.70. The van der Waals surface area contributed by atoms with Crippen molar-refractivity contribution in [2.24, 2.45) is 0 Å². The van der Waals surface area contributed by atoms with Gasteiger partial charge in [0.25, 0.3) is 5.56 Å². The molecule has 0 saturated carbocycles. The Kier molecular flexibility index (Phi) is 4.62. The van der Waals surface area contributed by atoms with Gasteiger partial charge in [0, 0.05) is 6.54 Å². The Bertz CT molecular complexity index is 1040. The first-order valence-corrected chi connectivity index (χ1v) is 9.05. The van der Waals surface area contributed by atoms with Gasteiger partial charge in [0.1, 0.15) is 12.3 Å². The maximum Gasteiger partial charge on any atom is 0.261 e. The minimum absolute atomic E-state index is 0.00284. The highest BCUT2D eigenvalue weighted by Gasteiger charge is 2.30. The first-order valence-electron chi connectivity index (χ1n) is 9.05. The first kappa shape index (κ1) is 17.3. The minimum atomic E-state index is -0.189. The van der Waals surface area contributed by atoms with E-state index in [-0.39, 0.29) is 24.1 Å². The zero-order valence-corrected chi connectivity index (χ0v) is 15.2. The lowest BCUT2D eigenvalue weighted by molar-refractivity contribution is -0.132. The molecule has 1 saturated heterocycles. The smallest absolute Gasteiger partial charge is 0.261 e. The van der Waals surface area contributed by atoms with Crippen LogP contribution in [0.2, 0.25) is 0 Å². The zero-order valence-electron chi connectivity index (χ0n) is 15.2. The normalized spacial score (nSPS) is 16.6. The van der Waals surface area contributed by atoms with Crippen LogP contribution in [0.25, 0.3) is 10.9 Å².